The van der Waals surface area contributed by atoms with Gasteiger partial charge in [0.05, 0.1) is 28.9 Å². The summed E-state index contributed by atoms with van der Waals surface area (Å²) in [5, 5.41) is 12.4. The van der Waals surface area contributed by atoms with Crippen molar-refractivity contribution in [2.24, 2.45) is 10.8 Å². The minimum Gasteiger partial charge on any atom is -0.384 e. The second-order valence-corrected chi connectivity index (χ2v) is 21.7. The van der Waals surface area contributed by atoms with E-state index in [0.717, 1.165) is 108 Å². The van der Waals surface area contributed by atoms with Gasteiger partial charge in [-0.15, -0.1) is 0 Å². The molecule has 6 fully saturated rings. The number of likely N-dealkylation sites (tertiary alicyclic amines) is 3. The third kappa shape index (κ3) is 10.1. The zero-order valence-corrected chi connectivity index (χ0v) is 40.5. The van der Waals surface area contributed by atoms with Crippen LogP contribution in [0.3, 0.4) is 0 Å². The molecule has 1 unspecified atom stereocenters. The number of anilines is 4. The third-order valence-electron chi connectivity index (χ3n) is 16.2. The molecular formula is C51H66F2N12O5. The zero-order chi connectivity index (χ0) is 48.8. The predicted octanol–water partition coefficient (Wildman–Crippen LogP) is 4.07. The molecule has 0 bridgehead atoms. The molecule has 2 spiro atoms. The summed E-state index contributed by atoms with van der Waals surface area (Å²) < 4.78 is 31.2. The van der Waals surface area contributed by atoms with Crippen LogP contribution < -0.4 is 31.1 Å². The Bertz CT molecular complexity index is 2530. The SMILES string of the molecule is CC1(C)CCN(Cc2cc(F)c(N3CC(=O)NC4(CCN(c5cc(NCCN6CC[C@@]7(CCN(CCCNc8cccc9c8C(=O)N(C8CCC(=O)NC8=O)C9=O)C7)C6)ncn5)CC4)C3)cc2F)CC1. The van der Waals surface area contributed by atoms with Gasteiger partial charge in [0.2, 0.25) is 17.7 Å². The number of imide groups is 2. The van der Waals surface area contributed by atoms with Gasteiger partial charge in [0, 0.05) is 88.7 Å². The van der Waals surface area contributed by atoms with E-state index in [4.69, 9.17) is 0 Å². The van der Waals surface area contributed by atoms with Crippen molar-refractivity contribution in [3.05, 3.63) is 71.1 Å². The van der Waals surface area contributed by atoms with Crippen molar-refractivity contribution in [1.82, 2.24) is 40.2 Å². The van der Waals surface area contributed by atoms with Crippen LogP contribution in [0.25, 0.3) is 0 Å². The molecular weight excluding hydrogens is 899 g/mol. The lowest BCUT2D eigenvalue weighted by atomic mass is 9.82. The maximum atomic E-state index is 15.7. The topological polar surface area (TPSA) is 179 Å². The maximum absolute atomic E-state index is 15.7. The number of halogens is 2. The molecule has 4 N–H and O–H groups in total. The number of rotatable bonds is 14. The van der Waals surface area contributed by atoms with E-state index in [-0.39, 0.29) is 52.9 Å². The summed E-state index contributed by atoms with van der Waals surface area (Å²) >= 11 is 0. The monoisotopic (exact) mass is 965 g/mol. The molecule has 6 saturated heterocycles. The molecule has 374 valence electrons. The Labute approximate surface area is 408 Å². The quantitative estimate of drug-likeness (QED) is 0.134. The Kier molecular flexibility index (Phi) is 13.3. The molecule has 7 aliphatic heterocycles. The van der Waals surface area contributed by atoms with Gasteiger partial charge in [-0.3, -0.25) is 39.1 Å². The van der Waals surface area contributed by atoms with Gasteiger partial charge in [-0.2, -0.15) is 0 Å². The van der Waals surface area contributed by atoms with Gasteiger partial charge in [-0.05, 0) is 113 Å². The molecule has 2 atom stereocenters. The second kappa shape index (κ2) is 19.4. The van der Waals surface area contributed by atoms with Crippen molar-refractivity contribution in [2.75, 3.05) is 112 Å². The van der Waals surface area contributed by atoms with E-state index in [1.165, 1.54) is 12.1 Å². The number of nitrogens with one attached hydrogen (secondary N) is 4. The van der Waals surface area contributed by atoms with E-state index in [0.29, 0.717) is 56.8 Å². The van der Waals surface area contributed by atoms with Gasteiger partial charge in [-0.1, -0.05) is 19.9 Å². The number of carbonyl (C=O) groups excluding carboxylic acids is 5. The predicted molar refractivity (Wildman–Crippen MR) is 260 cm³/mol. The average Bonchev–Trinajstić information content (AvgIpc) is 4.01. The van der Waals surface area contributed by atoms with Crippen LogP contribution in [-0.2, 0) is 20.9 Å². The fraction of sp³-hybridized carbons (Fsp3) is 0.588. The zero-order valence-electron chi connectivity index (χ0n) is 40.5. The first-order valence-electron chi connectivity index (χ1n) is 25.2. The molecule has 17 nitrogen and oxygen atoms in total. The molecule has 1 aromatic heterocycles. The number of benzene rings is 2. The highest BCUT2D eigenvalue weighted by atomic mass is 19.1. The van der Waals surface area contributed by atoms with Crippen molar-refractivity contribution >= 4 is 52.5 Å². The summed E-state index contributed by atoms with van der Waals surface area (Å²) in [6.07, 6.45) is 8.26. The van der Waals surface area contributed by atoms with E-state index in [9.17, 15) is 24.0 Å². The van der Waals surface area contributed by atoms with Crippen molar-refractivity contribution < 1.29 is 32.8 Å². The van der Waals surface area contributed by atoms with E-state index in [1.54, 1.807) is 29.4 Å². The molecule has 10 rings (SSSR count). The average molecular weight is 965 g/mol. The van der Waals surface area contributed by atoms with Crippen LogP contribution in [0.15, 0.2) is 42.7 Å². The van der Waals surface area contributed by atoms with E-state index in [2.05, 4.69) is 64.7 Å². The molecule has 8 heterocycles. The lowest BCUT2D eigenvalue weighted by Gasteiger charge is -2.48. The molecule has 19 heteroatoms. The molecule has 3 aromatic rings. The van der Waals surface area contributed by atoms with Crippen molar-refractivity contribution in [1.29, 1.82) is 0 Å². The van der Waals surface area contributed by atoms with Crippen LogP contribution in [0.5, 0.6) is 0 Å². The van der Waals surface area contributed by atoms with Crippen molar-refractivity contribution in [3.8, 4) is 0 Å². The molecule has 7 aliphatic rings. The molecule has 70 heavy (non-hydrogen) atoms. The highest BCUT2D eigenvalue weighted by Gasteiger charge is 2.47. The minimum absolute atomic E-state index is 0.0218. The minimum atomic E-state index is -0.996. The van der Waals surface area contributed by atoms with Gasteiger partial charge in [0.1, 0.15) is 35.6 Å². The first-order valence-corrected chi connectivity index (χ1v) is 25.2. The highest BCUT2D eigenvalue weighted by Crippen LogP contribution is 2.40. The highest BCUT2D eigenvalue weighted by molar-refractivity contribution is 6.25. The molecule has 0 saturated carbocycles. The lowest BCUT2D eigenvalue weighted by molar-refractivity contribution is -0.136. The standard InChI is InChI=1S/C51H66F2N12O5/c1-49(2)9-18-60(19-10-49)28-34-25-37(53)40(26-36(34)52)64-29-44(67)59-51(32-64)13-22-63(23-14-51)42-27-41(56-33-57-42)55-16-24-62-21-12-50(31-62)11-20-61(30-50)17-4-15-54-38-6-3-5-35-45(38)48(70)65(47(35)69)39-7-8-43(66)58-46(39)68/h3,5-6,25-27,33,39,54H,4,7-24,28-32H2,1-2H3,(H,59,67)(H,55,56,57)(H,58,66,68)/t39?,50-/m1/s1. The number of hydrogen-bond acceptors (Lipinski definition) is 14. The van der Waals surface area contributed by atoms with Gasteiger partial charge in [-0.25, -0.2) is 18.7 Å². The summed E-state index contributed by atoms with van der Waals surface area (Å²) in [4.78, 5) is 85.3. The first-order chi connectivity index (χ1) is 33.6. The number of aromatic nitrogens is 2. The normalized spacial score (nSPS) is 25.0. The summed E-state index contributed by atoms with van der Waals surface area (Å²) in [6, 6.07) is 8.72. The lowest BCUT2D eigenvalue weighted by Crippen LogP contribution is -2.66. The van der Waals surface area contributed by atoms with E-state index < -0.39 is 46.8 Å². The summed E-state index contributed by atoms with van der Waals surface area (Å²) in [5.74, 6) is -1.60. The van der Waals surface area contributed by atoms with Crippen LogP contribution in [0.2, 0.25) is 0 Å². The fourth-order valence-electron chi connectivity index (χ4n) is 12.0. The number of nitrogens with zero attached hydrogens (tertiary/aromatic N) is 8. The number of hydrogen-bond donors (Lipinski definition) is 4. The van der Waals surface area contributed by atoms with Gasteiger partial charge < -0.3 is 35.6 Å². The number of fused-ring (bicyclic) bond motifs is 1. The van der Waals surface area contributed by atoms with Crippen LogP contribution in [0.4, 0.5) is 31.8 Å². The van der Waals surface area contributed by atoms with Gasteiger partial charge in [0.25, 0.3) is 11.8 Å². The fourth-order valence-corrected chi connectivity index (χ4v) is 12.0. The van der Waals surface area contributed by atoms with Gasteiger partial charge in [0.15, 0.2) is 0 Å². The van der Waals surface area contributed by atoms with Crippen LogP contribution >= 0.6 is 0 Å². The molecule has 2 aromatic carbocycles. The van der Waals surface area contributed by atoms with Crippen LogP contribution in [0, 0.1) is 22.5 Å². The van der Waals surface area contributed by atoms with E-state index >= 15 is 8.78 Å². The Hall–Kier alpha value is -5.79. The summed E-state index contributed by atoms with van der Waals surface area (Å²) in [6.45, 7) is 15.6. The second-order valence-electron chi connectivity index (χ2n) is 21.7. The Morgan fingerprint density at radius 3 is 2.24 bits per heavy atom. The Morgan fingerprint density at radius 1 is 0.743 bits per heavy atom. The third-order valence-corrected chi connectivity index (χ3v) is 16.2. The number of piperazine rings is 1. The molecule has 0 radical (unpaired) electrons. The smallest absolute Gasteiger partial charge is 0.264 e. The Morgan fingerprint density at radius 2 is 1.49 bits per heavy atom. The van der Waals surface area contributed by atoms with E-state index in [1.807, 2.05) is 6.07 Å². The summed E-state index contributed by atoms with van der Waals surface area (Å²) in [5.41, 5.74) is 1.59. The maximum Gasteiger partial charge on any atom is 0.264 e. The van der Waals surface area contributed by atoms with Crippen LogP contribution in [0.1, 0.15) is 97.9 Å². The Balaban J connectivity index is 0.653. The van der Waals surface area contributed by atoms with Gasteiger partial charge >= 0.3 is 0 Å². The first kappa shape index (κ1) is 47.9. The van der Waals surface area contributed by atoms with Crippen LogP contribution in [-0.4, -0.2) is 162 Å². The number of piperidine rings is 3. The number of amides is 5. The summed E-state index contributed by atoms with van der Waals surface area (Å²) in [7, 11) is 0. The van der Waals surface area contributed by atoms with Crippen molar-refractivity contribution in [2.45, 2.75) is 89.8 Å². The van der Waals surface area contributed by atoms with Crippen molar-refractivity contribution in [3.63, 3.8) is 0 Å². The molecule has 0 aliphatic carbocycles. The largest absolute Gasteiger partial charge is 0.384 e. The molecule has 5 amide bonds. The number of carbonyl (C=O) groups is 5.